The highest BCUT2D eigenvalue weighted by molar-refractivity contribution is 5.88. The third-order valence-corrected chi connectivity index (χ3v) is 3.07. The van der Waals surface area contributed by atoms with Gasteiger partial charge in [-0.2, -0.15) is 4.68 Å². The van der Waals surface area contributed by atoms with E-state index in [1.165, 1.54) is 0 Å². The van der Waals surface area contributed by atoms with Crippen molar-refractivity contribution >= 4 is 23.1 Å². The molecule has 122 valence electrons. The van der Waals surface area contributed by atoms with Crippen molar-refractivity contribution in [2.75, 3.05) is 0 Å². The lowest BCUT2D eigenvalue weighted by molar-refractivity contribution is 0.0482. The molecule has 0 aliphatic heterocycles. The Kier molecular flexibility index (Phi) is 4.63. The zero-order chi connectivity index (χ0) is 16.8. The van der Waals surface area contributed by atoms with E-state index in [4.69, 9.17) is 4.84 Å². The molecule has 3 amide bonds. The van der Waals surface area contributed by atoms with Gasteiger partial charge in [0.25, 0.3) is 0 Å². The molecule has 9 nitrogen and oxygen atoms in total. The summed E-state index contributed by atoms with van der Waals surface area (Å²) in [7, 11) is 0. The SMILES string of the molecule is O=C(NNC(=O)n1nnc2ccccc21)NOCc1ccccc1. The summed E-state index contributed by atoms with van der Waals surface area (Å²) >= 11 is 0. The van der Waals surface area contributed by atoms with Crippen molar-refractivity contribution in [1.82, 2.24) is 31.3 Å². The number of amides is 3. The number of carbonyl (C=O) groups is 2. The minimum Gasteiger partial charge on any atom is -0.267 e. The van der Waals surface area contributed by atoms with Crippen molar-refractivity contribution < 1.29 is 14.4 Å². The van der Waals surface area contributed by atoms with Crippen LogP contribution in [-0.4, -0.2) is 27.1 Å². The molecule has 2 aromatic carbocycles. The zero-order valence-electron chi connectivity index (χ0n) is 12.5. The van der Waals surface area contributed by atoms with E-state index in [-0.39, 0.29) is 6.61 Å². The predicted octanol–water partition coefficient (Wildman–Crippen LogP) is 1.33. The first-order chi connectivity index (χ1) is 11.7. The maximum Gasteiger partial charge on any atom is 0.362 e. The number of rotatable bonds is 3. The van der Waals surface area contributed by atoms with Crippen LogP contribution < -0.4 is 16.3 Å². The summed E-state index contributed by atoms with van der Waals surface area (Å²) in [6.45, 7) is 0.204. The Morgan fingerprint density at radius 1 is 1.00 bits per heavy atom. The molecule has 0 aliphatic rings. The fraction of sp³-hybridized carbons (Fsp3) is 0.0667. The van der Waals surface area contributed by atoms with Gasteiger partial charge in [0.2, 0.25) is 0 Å². The number of aromatic nitrogens is 3. The number of nitrogens with zero attached hydrogens (tertiary/aromatic N) is 3. The first kappa shape index (κ1) is 15.4. The number of para-hydroxylation sites is 1. The standard InChI is InChI=1S/C15H14N6O3/c22-14(19-24-10-11-6-2-1-3-7-11)17-18-15(23)21-13-9-5-4-8-12(13)16-20-21/h1-9H,10H2,(H,18,23)(H2,17,19,22). The van der Waals surface area contributed by atoms with Gasteiger partial charge < -0.3 is 0 Å². The van der Waals surface area contributed by atoms with E-state index in [2.05, 4.69) is 26.6 Å². The number of carbonyl (C=O) groups excluding carboxylic acids is 2. The van der Waals surface area contributed by atoms with E-state index in [1.807, 2.05) is 30.3 Å². The van der Waals surface area contributed by atoms with E-state index in [0.29, 0.717) is 11.0 Å². The Morgan fingerprint density at radius 3 is 2.58 bits per heavy atom. The fourth-order valence-corrected chi connectivity index (χ4v) is 1.97. The van der Waals surface area contributed by atoms with Crippen molar-refractivity contribution in [2.45, 2.75) is 6.61 Å². The largest absolute Gasteiger partial charge is 0.362 e. The second-order valence-corrected chi connectivity index (χ2v) is 4.75. The Balaban J connectivity index is 1.46. The molecule has 1 aromatic heterocycles. The van der Waals surface area contributed by atoms with Crippen LogP contribution in [0.4, 0.5) is 9.59 Å². The predicted molar refractivity (Wildman–Crippen MR) is 84.4 cm³/mol. The molecule has 0 atom stereocenters. The maximum atomic E-state index is 12.0. The number of hydrazine groups is 1. The lowest BCUT2D eigenvalue weighted by Gasteiger charge is -2.09. The van der Waals surface area contributed by atoms with E-state index in [0.717, 1.165) is 10.2 Å². The molecule has 0 unspecified atom stereocenters. The van der Waals surface area contributed by atoms with Crippen LogP contribution in [0.15, 0.2) is 54.6 Å². The lowest BCUT2D eigenvalue weighted by atomic mass is 10.2. The minimum atomic E-state index is -0.719. The third-order valence-electron chi connectivity index (χ3n) is 3.07. The summed E-state index contributed by atoms with van der Waals surface area (Å²) < 4.78 is 1.04. The molecule has 1 heterocycles. The average Bonchev–Trinajstić information content (AvgIpc) is 3.05. The van der Waals surface area contributed by atoms with Gasteiger partial charge in [-0.3, -0.25) is 4.84 Å². The van der Waals surface area contributed by atoms with Crippen molar-refractivity contribution in [3.05, 3.63) is 60.2 Å². The van der Waals surface area contributed by atoms with E-state index in [9.17, 15) is 9.59 Å². The van der Waals surface area contributed by atoms with E-state index < -0.39 is 12.1 Å². The van der Waals surface area contributed by atoms with Crippen LogP contribution in [0.5, 0.6) is 0 Å². The topological polar surface area (TPSA) is 110 Å². The summed E-state index contributed by atoms with van der Waals surface area (Å²) in [4.78, 5) is 28.6. The van der Waals surface area contributed by atoms with Crippen LogP contribution in [0.1, 0.15) is 5.56 Å². The van der Waals surface area contributed by atoms with Gasteiger partial charge in [0.15, 0.2) is 0 Å². The highest BCUT2D eigenvalue weighted by Crippen LogP contribution is 2.08. The second-order valence-electron chi connectivity index (χ2n) is 4.75. The number of hydroxylamine groups is 1. The molecule has 3 N–H and O–H groups in total. The lowest BCUT2D eigenvalue weighted by Crippen LogP contribution is -2.48. The number of benzene rings is 2. The molecule has 3 rings (SSSR count). The summed E-state index contributed by atoms with van der Waals surface area (Å²) in [5.74, 6) is 0. The van der Waals surface area contributed by atoms with Crippen LogP contribution >= 0.6 is 0 Å². The van der Waals surface area contributed by atoms with Gasteiger partial charge >= 0.3 is 12.1 Å². The average molecular weight is 326 g/mol. The Bertz CT molecular complexity index is 849. The van der Waals surface area contributed by atoms with Crippen LogP contribution in [0.2, 0.25) is 0 Å². The van der Waals surface area contributed by atoms with E-state index in [1.54, 1.807) is 24.3 Å². The van der Waals surface area contributed by atoms with Crippen molar-refractivity contribution in [3.63, 3.8) is 0 Å². The number of hydrogen-bond acceptors (Lipinski definition) is 5. The first-order valence-corrected chi connectivity index (χ1v) is 7.06. The first-order valence-electron chi connectivity index (χ1n) is 7.06. The van der Waals surface area contributed by atoms with Crippen molar-refractivity contribution in [3.8, 4) is 0 Å². The molecule has 0 saturated carbocycles. The summed E-state index contributed by atoms with van der Waals surface area (Å²) in [6.07, 6.45) is 0. The molecule has 0 fully saturated rings. The molecular formula is C15H14N6O3. The van der Waals surface area contributed by atoms with Crippen LogP contribution in [0, 0.1) is 0 Å². The summed E-state index contributed by atoms with van der Waals surface area (Å²) in [5.41, 5.74) is 8.52. The van der Waals surface area contributed by atoms with Gasteiger partial charge in [-0.1, -0.05) is 47.7 Å². The molecule has 24 heavy (non-hydrogen) atoms. The number of fused-ring (bicyclic) bond motifs is 1. The molecular weight excluding hydrogens is 312 g/mol. The Labute approximate surface area is 136 Å². The van der Waals surface area contributed by atoms with Gasteiger partial charge in [-0.05, 0) is 17.7 Å². The maximum absolute atomic E-state index is 12.0. The van der Waals surface area contributed by atoms with Gasteiger partial charge in [0, 0.05) is 0 Å². The number of nitrogens with one attached hydrogen (secondary N) is 3. The molecule has 0 spiro atoms. The summed E-state index contributed by atoms with van der Waals surface area (Å²) in [6, 6.07) is 14.9. The third kappa shape index (κ3) is 3.65. The Hall–Kier alpha value is -3.46. The minimum absolute atomic E-state index is 0.204. The van der Waals surface area contributed by atoms with Crippen LogP contribution in [-0.2, 0) is 11.4 Å². The normalized spacial score (nSPS) is 10.3. The molecule has 3 aromatic rings. The van der Waals surface area contributed by atoms with Gasteiger partial charge in [-0.25, -0.2) is 25.9 Å². The molecule has 0 saturated heterocycles. The molecule has 9 heteroatoms. The monoisotopic (exact) mass is 326 g/mol. The highest BCUT2D eigenvalue weighted by atomic mass is 16.7. The Morgan fingerprint density at radius 2 is 1.75 bits per heavy atom. The van der Waals surface area contributed by atoms with Crippen molar-refractivity contribution in [2.24, 2.45) is 0 Å². The molecule has 0 radical (unpaired) electrons. The van der Waals surface area contributed by atoms with Crippen molar-refractivity contribution in [1.29, 1.82) is 0 Å². The number of urea groups is 1. The smallest absolute Gasteiger partial charge is 0.267 e. The van der Waals surface area contributed by atoms with Gasteiger partial charge in [0.05, 0.1) is 12.1 Å². The summed E-state index contributed by atoms with van der Waals surface area (Å²) in [5, 5.41) is 7.58. The fourth-order valence-electron chi connectivity index (χ4n) is 1.97. The zero-order valence-corrected chi connectivity index (χ0v) is 12.5. The number of hydrogen-bond donors (Lipinski definition) is 3. The van der Waals surface area contributed by atoms with Crippen LogP contribution in [0.25, 0.3) is 11.0 Å². The van der Waals surface area contributed by atoms with E-state index >= 15 is 0 Å². The molecule has 0 bridgehead atoms. The highest BCUT2D eigenvalue weighted by Gasteiger charge is 2.12. The van der Waals surface area contributed by atoms with Crippen LogP contribution in [0.3, 0.4) is 0 Å². The quantitative estimate of drug-likeness (QED) is 0.629. The van der Waals surface area contributed by atoms with Gasteiger partial charge in [0.1, 0.15) is 5.52 Å². The molecule has 0 aliphatic carbocycles. The van der Waals surface area contributed by atoms with Gasteiger partial charge in [-0.15, -0.1) is 5.10 Å². The second kappa shape index (κ2) is 7.20.